The number of hydrogen-bond acceptors (Lipinski definition) is 5. The summed E-state index contributed by atoms with van der Waals surface area (Å²) in [5.74, 6) is 0. The number of hydrogen-bond donors (Lipinski definition) is 0. The summed E-state index contributed by atoms with van der Waals surface area (Å²) in [4.78, 5) is 10.3. The van der Waals surface area contributed by atoms with Crippen molar-refractivity contribution < 1.29 is 22.9 Å². The van der Waals surface area contributed by atoms with Gasteiger partial charge in [-0.3, -0.25) is 18.4 Å². The molecule has 0 heterocycles. The molecule has 78 valence electrons. The van der Waals surface area contributed by atoms with E-state index in [0.29, 0.717) is 0 Å². The van der Waals surface area contributed by atoms with Crippen LogP contribution >= 0.6 is 19.4 Å². The van der Waals surface area contributed by atoms with Gasteiger partial charge in [0.1, 0.15) is 6.61 Å². The molecule has 0 radical (unpaired) electrons. The zero-order valence-electron chi connectivity index (χ0n) is 7.49. The van der Waals surface area contributed by atoms with E-state index in [9.17, 15) is 9.36 Å². The fourth-order valence-electron chi connectivity index (χ4n) is 0.558. The molecule has 0 rings (SSSR count). The highest BCUT2D eigenvalue weighted by Crippen LogP contribution is 2.49. The van der Waals surface area contributed by atoms with Crippen LogP contribution in [0.4, 0.5) is 0 Å². The van der Waals surface area contributed by atoms with Crippen LogP contribution in [0.2, 0.25) is 0 Å². The van der Waals surface area contributed by atoms with Gasteiger partial charge < -0.3 is 0 Å². The number of phosphoric acid groups is 1. The number of halogens is 1. The summed E-state index contributed by atoms with van der Waals surface area (Å²) < 4.78 is 25.5. The molecule has 0 N–H and O–H groups in total. The van der Waals surface area contributed by atoms with Gasteiger partial charge in [0, 0.05) is 0 Å². The second kappa shape index (κ2) is 6.51. The Kier molecular flexibility index (Phi) is 6.55. The molecule has 0 atom stereocenters. The van der Waals surface area contributed by atoms with Crippen LogP contribution in [0.15, 0.2) is 0 Å². The van der Waals surface area contributed by atoms with Gasteiger partial charge in [0.2, 0.25) is 5.24 Å². The van der Waals surface area contributed by atoms with Crippen molar-refractivity contribution in [2.45, 2.75) is 13.8 Å². The lowest BCUT2D eigenvalue weighted by molar-refractivity contribution is -0.114. The normalized spacial score (nSPS) is 11.6. The van der Waals surface area contributed by atoms with Gasteiger partial charge in [0.05, 0.1) is 13.2 Å². The van der Waals surface area contributed by atoms with E-state index in [1.165, 1.54) is 0 Å². The van der Waals surface area contributed by atoms with Crippen molar-refractivity contribution in [3.63, 3.8) is 0 Å². The summed E-state index contributed by atoms with van der Waals surface area (Å²) in [5.41, 5.74) is 0. The van der Waals surface area contributed by atoms with Gasteiger partial charge in [-0.2, -0.15) is 0 Å². The second-order valence-electron chi connectivity index (χ2n) is 1.91. The van der Waals surface area contributed by atoms with E-state index in [1.807, 2.05) is 0 Å². The van der Waals surface area contributed by atoms with E-state index in [0.717, 1.165) is 0 Å². The third-order valence-corrected chi connectivity index (χ3v) is 2.61. The van der Waals surface area contributed by atoms with Gasteiger partial charge in [0.25, 0.3) is 0 Å². The molecule has 0 aromatic heterocycles. The minimum atomic E-state index is -3.58. The van der Waals surface area contributed by atoms with Gasteiger partial charge in [-0.1, -0.05) is 0 Å². The van der Waals surface area contributed by atoms with Crippen molar-refractivity contribution in [2.24, 2.45) is 0 Å². The van der Waals surface area contributed by atoms with Crippen molar-refractivity contribution in [2.75, 3.05) is 19.8 Å². The summed E-state index contributed by atoms with van der Waals surface area (Å²) in [6.45, 7) is 3.13. The quantitative estimate of drug-likeness (QED) is 0.494. The third kappa shape index (κ3) is 6.18. The molecule has 0 unspecified atom stereocenters. The van der Waals surface area contributed by atoms with Gasteiger partial charge in [-0.05, 0) is 25.4 Å². The van der Waals surface area contributed by atoms with Crippen LogP contribution in [0, 0.1) is 0 Å². The second-order valence-corrected chi connectivity index (χ2v) is 4.00. The fourth-order valence-corrected chi connectivity index (χ4v) is 1.82. The van der Waals surface area contributed by atoms with E-state index < -0.39 is 19.7 Å². The molecular formula is C6H12ClO5P. The molecule has 0 aromatic rings. The highest BCUT2D eigenvalue weighted by atomic mass is 35.5. The molecule has 0 aliphatic carbocycles. The van der Waals surface area contributed by atoms with E-state index in [4.69, 9.17) is 20.6 Å². The Bertz CT molecular complexity index is 197. The maximum Gasteiger partial charge on any atom is 0.475 e. The Labute approximate surface area is 81.9 Å². The summed E-state index contributed by atoms with van der Waals surface area (Å²) in [7, 11) is -3.58. The van der Waals surface area contributed by atoms with Gasteiger partial charge >= 0.3 is 7.82 Å². The lowest BCUT2D eigenvalue weighted by Gasteiger charge is -2.14. The number of carbonyl (C=O) groups excluding carboxylic acids is 1. The van der Waals surface area contributed by atoms with Crippen LogP contribution in [0.3, 0.4) is 0 Å². The number of phosphoric ester groups is 1. The topological polar surface area (TPSA) is 61.8 Å². The highest BCUT2D eigenvalue weighted by molar-refractivity contribution is 7.48. The Morgan fingerprint density at radius 2 is 1.69 bits per heavy atom. The third-order valence-electron chi connectivity index (χ3n) is 0.911. The first kappa shape index (κ1) is 13.1. The largest absolute Gasteiger partial charge is 0.475 e. The summed E-state index contributed by atoms with van der Waals surface area (Å²) in [6.07, 6.45) is 0. The first-order chi connectivity index (χ1) is 6.04. The van der Waals surface area contributed by atoms with E-state index in [2.05, 4.69) is 4.52 Å². The molecule has 0 amide bonds. The van der Waals surface area contributed by atoms with Crippen molar-refractivity contribution in [3.8, 4) is 0 Å². The molecule has 0 aliphatic heterocycles. The van der Waals surface area contributed by atoms with E-state index in [-0.39, 0.29) is 13.2 Å². The molecule has 0 aromatic carbocycles. The Balaban J connectivity index is 4.07. The summed E-state index contributed by atoms with van der Waals surface area (Å²) in [6, 6.07) is 0. The first-order valence-electron chi connectivity index (χ1n) is 3.76. The van der Waals surface area contributed by atoms with Crippen molar-refractivity contribution in [1.29, 1.82) is 0 Å². The van der Waals surface area contributed by atoms with Crippen LogP contribution in [-0.2, 0) is 22.9 Å². The molecule has 0 aliphatic rings. The predicted molar refractivity (Wildman–Crippen MR) is 47.7 cm³/mol. The first-order valence-corrected chi connectivity index (χ1v) is 5.60. The van der Waals surface area contributed by atoms with Crippen LogP contribution in [0.5, 0.6) is 0 Å². The predicted octanol–water partition coefficient (Wildman–Crippen LogP) is 1.95. The van der Waals surface area contributed by atoms with Crippen molar-refractivity contribution >= 4 is 24.7 Å². The van der Waals surface area contributed by atoms with Crippen LogP contribution in [-0.4, -0.2) is 25.1 Å². The Hall–Kier alpha value is 0.0700. The van der Waals surface area contributed by atoms with Crippen LogP contribution < -0.4 is 0 Å². The van der Waals surface area contributed by atoms with Gasteiger partial charge in [-0.15, -0.1) is 0 Å². The standard InChI is InChI=1S/C6H12ClO5P/c1-3-10-13(9,11-4-2)12-5-6(7)8/h3-5H2,1-2H3. The van der Waals surface area contributed by atoms with E-state index in [1.54, 1.807) is 13.8 Å². The zero-order chi connectivity index (χ0) is 10.3. The maximum absolute atomic E-state index is 11.4. The van der Waals surface area contributed by atoms with Crippen LogP contribution in [0.1, 0.15) is 13.8 Å². The Morgan fingerprint density at radius 1 is 1.23 bits per heavy atom. The van der Waals surface area contributed by atoms with Gasteiger partial charge in [-0.25, -0.2) is 4.57 Å². The molecule has 0 saturated heterocycles. The maximum atomic E-state index is 11.4. The smallest absolute Gasteiger partial charge is 0.287 e. The molecule has 0 saturated carbocycles. The van der Waals surface area contributed by atoms with Gasteiger partial charge in [0.15, 0.2) is 0 Å². The van der Waals surface area contributed by atoms with Crippen LogP contribution in [0.25, 0.3) is 0 Å². The SMILES string of the molecule is CCOP(=O)(OCC)OCC(=O)Cl. The Morgan fingerprint density at radius 3 is 2.00 bits per heavy atom. The lowest BCUT2D eigenvalue weighted by Crippen LogP contribution is -2.05. The molecule has 7 heteroatoms. The summed E-state index contributed by atoms with van der Waals surface area (Å²) >= 11 is 4.99. The number of carbonyl (C=O) groups is 1. The fraction of sp³-hybridized carbons (Fsp3) is 0.833. The molecule has 0 spiro atoms. The van der Waals surface area contributed by atoms with Crippen molar-refractivity contribution in [1.82, 2.24) is 0 Å². The molecular weight excluding hydrogens is 218 g/mol. The minimum absolute atomic E-state index is 0.174. The zero-order valence-corrected chi connectivity index (χ0v) is 9.14. The monoisotopic (exact) mass is 230 g/mol. The highest BCUT2D eigenvalue weighted by Gasteiger charge is 2.25. The van der Waals surface area contributed by atoms with E-state index >= 15 is 0 Å². The average Bonchev–Trinajstić information content (AvgIpc) is 2.02. The average molecular weight is 231 g/mol. The van der Waals surface area contributed by atoms with Crippen molar-refractivity contribution in [3.05, 3.63) is 0 Å². The lowest BCUT2D eigenvalue weighted by atomic mass is 10.8. The molecule has 0 bridgehead atoms. The number of rotatable bonds is 7. The molecule has 5 nitrogen and oxygen atoms in total. The minimum Gasteiger partial charge on any atom is -0.287 e. The molecule has 13 heavy (non-hydrogen) atoms. The summed E-state index contributed by atoms with van der Waals surface area (Å²) in [5, 5.41) is -0.750. The molecule has 0 fully saturated rings.